The normalized spacial score (nSPS) is 10.2. The van der Waals surface area contributed by atoms with E-state index < -0.39 is 0 Å². The summed E-state index contributed by atoms with van der Waals surface area (Å²) in [6.07, 6.45) is 0.896. The Morgan fingerprint density at radius 3 is 2.84 bits per heavy atom. The molecule has 1 heterocycles. The zero-order chi connectivity index (χ0) is 18.2. The molecule has 1 aromatic heterocycles. The first-order chi connectivity index (χ1) is 12.0. The molecule has 5 nitrogen and oxygen atoms in total. The lowest BCUT2D eigenvalue weighted by atomic mass is 10.1. The van der Waals surface area contributed by atoms with Crippen molar-refractivity contribution in [3.05, 3.63) is 47.2 Å². The van der Waals surface area contributed by atoms with E-state index in [1.54, 1.807) is 0 Å². The van der Waals surface area contributed by atoms with Crippen molar-refractivity contribution in [2.45, 2.75) is 32.2 Å². The largest absolute Gasteiger partial charge is 0.491 e. The van der Waals surface area contributed by atoms with E-state index in [4.69, 9.17) is 4.74 Å². The van der Waals surface area contributed by atoms with E-state index >= 15 is 0 Å². The number of carbonyl (C=O) groups excluding carboxylic acids is 1. The van der Waals surface area contributed by atoms with Gasteiger partial charge in [-0.25, -0.2) is 4.98 Å². The molecule has 1 N–H and O–H groups in total. The summed E-state index contributed by atoms with van der Waals surface area (Å²) in [6, 6.07) is 11.4. The molecule has 0 aliphatic heterocycles. The van der Waals surface area contributed by atoms with Gasteiger partial charge in [0.25, 0.3) is 0 Å². The highest BCUT2D eigenvalue weighted by Crippen LogP contribution is 2.26. The standard InChI is InChI=1S/C19H21N3O2S/c1-4-9-24-17-8-6-5-7-16(17)22-18(23)12-25-19-15(11-20)13(2)10-14(3)21-19/h5-8,10H,4,9,12H2,1-3H3,(H,22,23). The average molecular weight is 355 g/mol. The number of thioether (sulfide) groups is 1. The fourth-order valence-corrected chi connectivity index (χ4v) is 3.17. The monoisotopic (exact) mass is 355 g/mol. The first-order valence-electron chi connectivity index (χ1n) is 8.08. The molecule has 2 aromatic rings. The van der Waals surface area contributed by atoms with Crippen molar-refractivity contribution in [1.82, 2.24) is 4.98 Å². The Morgan fingerprint density at radius 1 is 1.36 bits per heavy atom. The van der Waals surface area contributed by atoms with Gasteiger partial charge in [0.05, 0.1) is 23.6 Å². The molecule has 0 aliphatic rings. The zero-order valence-electron chi connectivity index (χ0n) is 14.6. The van der Waals surface area contributed by atoms with Crippen LogP contribution in [-0.2, 0) is 4.79 Å². The van der Waals surface area contributed by atoms with E-state index in [-0.39, 0.29) is 11.7 Å². The van der Waals surface area contributed by atoms with E-state index in [2.05, 4.69) is 16.4 Å². The van der Waals surface area contributed by atoms with Crippen molar-refractivity contribution in [1.29, 1.82) is 5.26 Å². The molecular weight excluding hydrogens is 334 g/mol. The summed E-state index contributed by atoms with van der Waals surface area (Å²) in [7, 11) is 0. The Kier molecular flexibility index (Phi) is 6.84. The quantitative estimate of drug-likeness (QED) is 0.757. The summed E-state index contributed by atoms with van der Waals surface area (Å²) in [4.78, 5) is 16.7. The van der Waals surface area contributed by atoms with Crippen LogP contribution in [0, 0.1) is 25.2 Å². The number of anilines is 1. The summed E-state index contributed by atoms with van der Waals surface area (Å²) in [5, 5.41) is 12.7. The molecule has 25 heavy (non-hydrogen) atoms. The van der Waals surface area contributed by atoms with E-state index in [1.807, 2.05) is 51.1 Å². The van der Waals surface area contributed by atoms with E-state index in [0.29, 0.717) is 28.6 Å². The van der Waals surface area contributed by atoms with E-state index in [0.717, 1.165) is 17.7 Å². The summed E-state index contributed by atoms with van der Waals surface area (Å²) in [6.45, 7) is 6.37. The van der Waals surface area contributed by atoms with Gasteiger partial charge in [-0.05, 0) is 44.0 Å². The number of nitrogens with zero attached hydrogens (tertiary/aromatic N) is 2. The highest BCUT2D eigenvalue weighted by Gasteiger charge is 2.13. The molecule has 0 aliphatic carbocycles. The molecule has 0 unspecified atom stereocenters. The molecule has 1 amide bonds. The minimum Gasteiger partial charge on any atom is -0.491 e. The number of aryl methyl sites for hydroxylation is 2. The van der Waals surface area contributed by atoms with Crippen LogP contribution in [0.25, 0.3) is 0 Å². The van der Waals surface area contributed by atoms with Crippen molar-refractivity contribution in [2.75, 3.05) is 17.7 Å². The number of carbonyl (C=O) groups is 1. The molecule has 0 bridgehead atoms. The van der Waals surface area contributed by atoms with Crippen LogP contribution in [0.1, 0.15) is 30.2 Å². The summed E-state index contributed by atoms with van der Waals surface area (Å²) >= 11 is 1.26. The Hall–Kier alpha value is -2.52. The lowest BCUT2D eigenvalue weighted by Gasteiger charge is -2.12. The maximum atomic E-state index is 12.3. The molecule has 0 fully saturated rings. The van der Waals surface area contributed by atoms with Crippen LogP contribution < -0.4 is 10.1 Å². The van der Waals surface area contributed by atoms with Crippen molar-refractivity contribution < 1.29 is 9.53 Å². The number of nitriles is 1. The molecule has 2 rings (SSSR count). The van der Waals surface area contributed by atoms with Gasteiger partial charge < -0.3 is 10.1 Å². The minimum absolute atomic E-state index is 0.164. The number of hydrogen-bond acceptors (Lipinski definition) is 5. The smallest absolute Gasteiger partial charge is 0.234 e. The number of aromatic nitrogens is 1. The number of ether oxygens (including phenoxy) is 1. The lowest BCUT2D eigenvalue weighted by Crippen LogP contribution is -2.15. The predicted octanol–water partition coefficient (Wildman–Crippen LogP) is 4.09. The van der Waals surface area contributed by atoms with Crippen LogP contribution in [-0.4, -0.2) is 23.3 Å². The van der Waals surface area contributed by atoms with Gasteiger partial charge in [0.15, 0.2) is 0 Å². The molecule has 0 spiro atoms. The van der Waals surface area contributed by atoms with Crippen LogP contribution in [0.4, 0.5) is 5.69 Å². The topological polar surface area (TPSA) is 75.0 Å². The van der Waals surface area contributed by atoms with Gasteiger partial charge in [-0.1, -0.05) is 30.8 Å². The van der Waals surface area contributed by atoms with Gasteiger partial charge >= 0.3 is 0 Å². The highest BCUT2D eigenvalue weighted by atomic mass is 32.2. The molecule has 0 atom stereocenters. The highest BCUT2D eigenvalue weighted by molar-refractivity contribution is 8.00. The molecule has 0 radical (unpaired) electrons. The first-order valence-corrected chi connectivity index (χ1v) is 9.06. The van der Waals surface area contributed by atoms with Crippen molar-refractivity contribution in [3.8, 4) is 11.8 Å². The molecule has 130 valence electrons. The van der Waals surface area contributed by atoms with Crippen LogP contribution >= 0.6 is 11.8 Å². The number of nitrogens with one attached hydrogen (secondary N) is 1. The second-order valence-corrected chi connectivity index (χ2v) is 6.52. The van der Waals surface area contributed by atoms with Crippen LogP contribution in [0.3, 0.4) is 0 Å². The van der Waals surface area contributed by atoms with Gasteiger partial charge in [0.2, 0.25) is 5.91 Å². The Labute approximate surface area is 152 Å². The molecular formula is C19H21N3O2S. The first kappa shape index (κ1) is 18.8. The number of benzene rings is 1. The third-order valence-electron chi connectivity index (χ3n) is 3.39. The van der Waals surface area contributed by atoms with Gasteiger partial charge in [0.1, 0.15) is 16.8 Å². The second-order valence-electron chi connectivity index (χ2n) is 5.55. The number of pyridine rings is 1. The summed E-state index contributed by atoms with van der Waals surface area (Å²) in [5.74, 6) is 0.666. The third-order valence-corrected chi connectivity index (χ3v) is 4.36. The predicted molar refractivity (Wildman–Crippen MR) is 100 cm³/mol. The van der Waals surface area contributed by atoms with E-state index in [1.165, 1.54) is 11.8 Å². The maximum Gasteiger partial charge on any atom is 0.234 e. The molecule has 6 heteroatoms. The molecule has 0 saturated heterocycles. The number of para-hydroxylation sites is 2. The number of hydrogen-bond donors (Lipinski definition) is 1. The molecule has 1 aromatic carbocycles. The Balaban J connectivity index is 2.04. The summed E-state index contributed by atoms with van der Waals surface area (Å²) in [5.41, 5.74) is 2.87. The van der Waals surface area contributed by atoms with E-state index in [9.17, 15) is 10.1 Å². The fraction of sp³-hybridized carbons (Fsp3) is 0.316. The number of amides is 1. The van der Waals surface area contributed by atoms with Crippen molar-refractivity contribution in [3.63, 3.8) is 0 Å². The minimum atomic E-state index is -0.164. The Bertz CT molecular complexity index is 800. The van der Waals surface area contributed by atoms with Crippen LogP contribution in [0.2, 0.25) is 0 Å². The zero-order valence-corrected chi connectivity index (χ0v) is 15.4. The van der Waals surface area contributed by atoms with Gasteiger partial charge in [-0.2, -0.15) is 5.26 Å². The second kappa shape index (κ2) is 9.09. The lowest BCUT2D eigenvalue weighted by molar-refractivity contribution is -0.113. The average Bonchev–Trinajstić information content (AvgIpc) is 2.59. The molecule has 0 saturated carbocycles. The van der Waals surface area contributed by atoms with Gasteiger partial charge in [-0.15, -0.1) is 0 Å². The van der Waals surface area contributed by atoms with Crippen LogP contribution in [0.5, 0.6) is 5.75 Å². The third kappa shape index (κ3) is 5.23. The summed E-state index contributed by atoms with van der Waals surface area (Å²) < 4.78 is 5.64. The van der Waals surface area contributed by atoms with Crippen molar-refractivity contribution in [2.24, 2.45) is 0 Å². The fourth-order valence-electron chi connectivity index (χ4n) is 2.27. The number of rotatable bonds is 7. The van der Waals surface area contributed by atoms with Crippen LogP contribution in [0.15, 0.2) is 35.4 Å². The Morgan fingerprint density at radius 2 is 2.12 bits per heavy atom. The maximum absolute atomic E-state index is 12.3. The van der Waals surface area contributed by atoms with Gasteiger partial charge in [0, 0.05) is 5.69 Å². The SMILES string of the molecule is CCCOc1ccccc1NC(=O)CSc1nc(C)cc(C)c1C#N. The van der Waals surface area contributed by atoms with Crippen molar-refractivity contribution >= 4 is 23.4 Å². The van der Waals surface area contributed by atoms with Gasteiger partial charge in [-0.3, -0.25) is 4.79 Å².